The van der Waals surface area contributed by atoms with Crippen LogP contribution in [0.3, 0.4) is 0 Å². The molecule has 1 aromatic heterocycles. The van der Waals surface area contributed by atoms with Gasteiger partial charge in [0, 0.05) is 19.7 Å². The van der Waals surface area contributed by atoms with E-state index in [1.807, 2.05) is 37.3 Å². The summed E-state index contributed by atoms with van der Waals surface area (Å²) in [5.74, 6) is 0.429. The van der Waals surface area contributed by atoms with E-state index in [1.54, 1.807) is 24.2 Å². The standard InChI is InChI=1S/C19H22N4O2/c1-13-20-11-10-15(22-13)12-21-19(25)16-8-9-17(24)23(2)18(16)14-6-4-3-5-7-14/h3-7,10-11,16,18H,8-9,12H2,1-2H3,(H,21,25)/t16-,18+/m1/s1. The van der Waals surface area contributed by atoms with Crippen molar-refractivity contribution in [3.63, 3.8) is 0 Å². The molecule has 0 spiro atoms. The third-order valence-corrected chi connectivity index (χ3v) is 4.62. The summed E-state index contributed by atoms with van der Waals surface area (Å²) in [4.78, 5) is 35.0. The van der Waals surface area contributed by atoms with Crippen LogP contribution in [-0.2, 0) is 16.1 Å². The molecule has 0 saturated carbocycles. The van der Waals surface area contributed by atoms with Crippen LogP contribution in [-0.4, -0.2) is 33.7 Å². The van der Waals surface area contributed by atoms with Gasteiger partial charge < -0.3 is 10.2 Å². The number of benzene rings is 1. The largest absolute Gasteiger partial charge is 0.350 e. The third-order valence-electron chi connectivity index (χ3n) is 4.62. The van der Waals surface area contributed by atoms with Crippen LogP contribution in [0.1, 0.15) is 36.0 Å². The molecule has 1 aromatic carbocycles. The lowest BCUT2D eigenvalue weighted by Gasteiger charge is -2.38. The highest BCUT2D eigenvalue weighted by Gasteiger charge is 2.38. The summed E-state index contributed by atoms with van der Waals surface area (Å²) < 4.78 is 0. The van der Waals surface area contributed by atoms with Gasteiger partial charge in [0.15, 0.2) is 0 Å². The SMILES string of the molecule is Cc1nccc(CNC(=O)[C@@H]2CCC(=O)N(C)[C@H]2c2ccccc2)n1. The zero-order valence-electron chi connectivity index (χ0n) is 14.5. The normalized spacial score (nSPS) is 20.4. The van der Waals surface area contributed by atoms with Crippen LogP contribution in [0.15, 0.2) is 42.6 Å². The molecule has 3 rings (SSSR count). The minimum absolute atomic E-state index is 0.0514. The quantitative estimate of drug-likeness (QED) is 0.925. The van der Waals surface area contributed by atoms with Crippen molar-refractivity contribution in [3.05, 3.63) is 59.7 Å². The van der Waals surface area contributed by atoms with Crippen LogP contribution in [0.2, 0.25) is 0 Å². The number of hydrogen-bond donors (Lipinski definition) is 1. The first-order valence-corrected chi connectivity index (χ1v) is 8.43. The number of rotatable bonds is 4. The van der Waals surface area contributed by atoms with E-state index in [-0.39, 0.29) is 23.8 Å². The highest BCUT2D eigenvalue weighted by atomic mass is 16.2. The van der Waals surface area contributed by atoms with Gasteiger partial charge in [-0.2, -0.15) is 0 Å². The second-order valence-corrected chi connectivity index (χ2v) is 6.32. The summed E-state index contributed by atoms with van der Waals surface area (Å²) >= 11 is 0. The van der Waals surface area contributed by atoms with Crippen molar-refractivity contribution in [2.75, 3.05) is 7.05 Å². The highest BCUT2D eigenvalue weighted by Crippen LogP contribution is 2.35. The van der Waals surface area contributed by atoms with Crippen molar-refractivity contribution in [1.29, 1.82) is 0 Å². The van der Waals surface area contributed by atoms with Gasteiger partial charge in [-0.1, -0.05) is 30.3 Å². The van der Waals surface area contributed by atoms with E-state index in [4.69, 9.17) is 0 Å². The minimum atomic E-state index is -0.270. The second kappa shape index (κ2) is 7.42. The van der Waals surface area contributed by atoms with Crippen LogP contribution in [0.4, 0.5) is 0 Å². The van der Waals surface area contributed by atoms with E-state index >= 15 is 0 Å². The summed E-state index contributed by atoms with van der Waals surface area (Å²) in [5.41, 5.74) is 1.76. The van der Waals surface area contributed by atoms with Crippen molar-refractivity contribution in [3.8, 4) is 0 Å². The van der Waals surface area contributed by atoms with Crippen LogP contribution in [0.5, 0.6) is 0 Å². The Morgan fingerprint density at radius 1 is 1.28 bits per heavy atom. The van der Waals surface area contributed by atoms with Crippen molar-refractivity contribution in [2.24, 2.45) is 5.92 Å². The Balaban J connectivity index is 1.76. The van der Waals surface area contributed by atoms with E-state index in [0.717, 1.165) is 11.3 Å². The zero-order valence-corrected chi connectivity index (χ0v) is 14.5. The molecule has 1 aliphatic heterocycles. The van der Waals surface area contributed by atoms with Gasteiger partial charge in [0.05, 0.1) is 24.2 Å². The molecule has 0 bridgehead atoms. The summed E-state index contributed by atoms with van der Waals surface area (Å²) in [6, 6.07) is 11.3. The number of likely N-dealkylation sites (tertiary alicyclic amines) is 1. The van der Waals surface area contributed by atoms with Crippen molar-refractivity contribution in [1.82, 2.24) is 20.2 Å². The van der Waals surface area contributed by atoms with Crippen LogP contribution < -0.4 is 5.32 Å². The van der Waals surface area contributed by atoms with Gasteiger partial charge in [-0.15, -0.1) is 0 Å². The Morgan fingerprint density at radius 3 is 2.76 bits per heavy atom. The van der Waals surface area contributed by atoms with Crippen LogP contribution in [0.25, 0.3) is 0 Å². The molecule has 2 heterocycles. The fraction of sp³-hybridized carbons (Fsp3) is 0.368. The molecule has 2 amide bonds. The molecule has 1 aliphatic rings. The Labute approximate surface area is 147 Å². The average Bonchev–Trinajstić information content (AvgIpc) is 2.62. The monoisotopic (exact) mass is 338 g/mol. The molecule has 6 nitrogen and oxygen atoms in total. The lowest BCUT2D eigenvalue weighted by atomic mass is 9.84. The van der Waals surface area contributed by atoms with Gasteiger partial charge in [-0.25, -0.2) is 9.97 Å². The summed E-state index contributed by atoms with van der Waals surface area (Å²) in [7, 11) is 1.77. The molecule has 2 atom stereocenters. The van der Waals surface area contributed by atoms with E-state index in [0.29, 0.717) is 25.2 Å². The molecule has 1 N–H and O–H groups in total. The van der Waals surface area contributed by atoms with E-state index in [2.05, 4.69) is 15.3 Å². The molecule has 6 heteroatoms. The Morgan fingerprint density at radius 2 is 2.04 bits per heavy atom. The fourth-order valence-electron chi connectivity index (χ4n) is 3.33. The fourth-order valence-corrected chi connectivity index (χ4v) is 3.33. The maximum atomic E-state index is 12.8. The van der Waals surface area contributed by atoms with Gasteiger partial charge in [0.25, 0.3) is 0 Å². The number of amides is 2. The predicted octanol–water partition coefficient (Wildman–Crippen LogP) is 2.01. The van der Waals surface area contributed by atoms with Gasteiger partial charge >= 0.3 is 0 Å². The molecule has 0 aliphatic carbocycles. The lowest BCUT2D eigenvalue weighted by Crippen LogP contribution is -2.46. The Hall–Kier alpha value is -2.76. The van der Waals surface area contributed by atoms with Crippen LogP contribution in [0, 0.1) is 12.8 Å². The number of hydrogen-bond acceptors (Lipinski definition) is 4. The summed E-state index contributed by atoms with van der Waals surface area (Å²) in [5, 5.41) is 2.96. The number of piperidine rings is 1. The molecule has 130 valence electrons. The summed E-state index contributed by atoms with van der Waals surface area (Å²) in [6.45, 7) is 2.18. The van der Waals surface area contributed by atoms with Crippen LogP contribution >= 0.6 is 0 Å². The van der Waals surface area contributed by atoms with Gasteiger partial charge in [0.2, 0.25) is 11.8 Å². The van der Waals surface area contributed by atoms with E-state index in [1.165, 1.54) is 0 Å². The molecule has 1 saturated heterocycles. The van der Waals surface area contributed by atoms with Crippen molar-refractivity contribution >= 4 is 11.8 Å². The maximum absolute atomic E-state index is 12.8. The van der Waals surface area contributed by atoms with Crippen molar-refractivity contribution < 1.29 is 9.59 Å². The maximum Gasteiger partial charge on any atom is 0.225 e. The van der Waals surface area contributed by atoms with Gasteiger partial charge in [-0.05, 0) is 25.0 Å². The number of carbonyl (C=O) groups is 2. The first-order chi connectivity index (χ1) is 12.1. The molecule has 0 unspecified atom stereocenters. The third kappa shape index (κ3) is 3.84. The Kier molecular flexibility index (Phi) is 5.07. The van der Waals surface area contributed by atoms with Gasteiger partial charge in [-0.3, -0.25) is 9.59 Å². The molecule has 1 fully saturated rings. The Bertz CT molecular complexity index is 763. The number of carbonyl (C=O) groups excluding carboxylic acids is 2. The zero-order chi connectivity index (χ0) is 17.8. The molecular formula is C19H22N4O2. The first kappa shape index (κ1) is 17.1. The molecule has 2 aromatic rings. The topological polar surface area (TPSA) is 75.2 Å². The van der Waals surface area contributed by atoms with Gasteiger partial charge in [0.1, 0.15) is 5.82 Å². The molecule has 25 heavy (non-hydrogen) atoms. The highest BCUT2D eigenvalue weighted by molar-refractivity contribution is 5.84. The summed E-state index contributed by atoms with van der Waals surface area (Å²) in [6.07, 6.45) is 2.63. The van der Waals surface area contributed by atoms with Crippen molar-refractivity contribution in [2.45, 2.75) is 32.4 Å². The first-order valence-electron chi connectivity index (χ1n) is 8.43. The minimum Gasteiger partial charge on any atom is -0.350 e. The average molecular weight is 338 g/mol. The molecule has 0 radical (unpaired) electrons. The number of nitrogens with one attached hydrogen (secondary N) is 1. The number of aromatic nitrogens is 2. The second-order valence-electron chi connectivity index (χ2n) is 6.32. The smallest absolute Gasteiger partial charge is 0.225 e. The predicted molar refractivity (Wildman–Crippen MR) is 93.3 cm³/mol. The van der Waals surface area contributed by atoms with E-state index < -0.39 is 0 Å². The number of nitrogens with zero attached hydrogens (tertiary/aromatic N) is 3. The van der Waals surface area contributed by atoms with E-state index in [9.17, 15) is 9.59 Å². The molecular weight excluding hydrogens is 316 g/mol. The number of aryl methyl sites for hydroxylation is 1. The lowest BCUT2D eigenvalue weighted by molar-refractivity contribution is -0.141.